The zero-order chi connectivity index (χ0) is 28.5. The van der Waals surface area contributed by atoms with Gasteiger partial charge < -0.3 is 29.7 Å². The number of nitrogen functional groups attached to an aromatic ring is 1. The molecule has 2 heterocycles. The smallest absolute Gasteiger partial charge is 0.416 e. The number of nitrogens with zero attached hydrogens (tertiary/aromatic N) is 2. The molecular weight excluding hydrogens is 562 g/mol. The molecule has 0 bridgehead atoms. The second-order valence-corrected chi connectivity index (χ2v) is 11.8. The van der Waals surface area contributed by atoms with Gasteiger partial charge in [0.2, 0.25) is 0 Å². The highest BCUT2D eigenvalue weighted by Gasteiger charge is 2.61. The third-order valence-electron chi connectivity index (χ3n) is 5.96. The first-order valence-electron chi connectivity index (χ1n) is 11.5. The van der Waals surface area contributed by atoms with E-state index in [1.807, 2.05) is 13.8 Å². The first kappa shape index (κ1) is 29.0. The number of benzene rings is 2. The van der Waals surface area contributed by atoms with Crippen molar-refractivity contribution < 1.29 is 41.7 Å². The van der Waals surface area contributed by atoms with Crippen molar-refractivity contribution in [3.63, 3.8) is 0 Å². The van der Waals surface area contributed by atoms with Crippen LogP contribution in [0.4, 0.5) is 19.0 Å². The van der Waals surface area contributed by atoms with Crippen LogP contribution in [0.15, 0.2) is 59.5 Å². The summed E-state index contributed by atoms with van der Waals surface area (Å²) in [6, 6.07) is 13.2. The van der Waals surface area contributed by atoms with Crippen LogP contribution in [-0.4, -0.2) is 50.6 Å². The Kier molecular flexibility index (Phi) is 8.36. The molecule has 210 valence electrons. The maximum Gasteiger partial charge on any atom is 0.435 e. The molecule has 0 radical (unpaired) electrons. The summed E-state index contributed by atoms with van der Waals surface area (Å²) >= 11 is 5.52. The number of aromatic nitrogens is 2. The average Bonchev–Trinajstić information content (AvgIpc) is 3.14. The Labute approximate surface area is 226 Å². The number of aliphatic hydroxyl groups is 2. The van der Waals surface area contributed by atoms with Crippen molar-refractivity contribution in [2.45, 2.75) is 44.3 Å². The van der Waals surface area contributed by atoms with Gasteiger partial charge in [0.05, 0.1) is 12.8 Å². The van der Waals surface area contributed by atoms with Gasteiger partial charge >= 0.3 is 12.4 Å². The summed E-state index contributed by atoms with van der Waals surface area (Å²) in [4.78, 5) is 15.5. The van der Waals surface area contributed by atoms with Gasteiger partial charge in [0.25, 0.3) is 6.43 Å². The van der Waals surface area contributed by atoms with E-state index in [4.69, 9.17) is 35.8 Å². The Morgan fingerprint density at radius 1 is 1.10 bits per heavy atom. The highest BCUT2D eigenvalue weighted by atomic mass is 32.5. The molecule has 1 aliphatic rings. The van der Waals surface area contributed by atoms with E-state index in [0.29, 0.717) is 10.8 Å². The Hall–Kier alpha value is -3.00. The van der Waals surface area contributed by atoms with Crippen LogP contribution >= 0.6 is 6.72 Å². The summed E-state index contributed by atoms with van der Waals surface area (Å²) in [6.45, 7) is -1.36. The summed E-state index contributed by atoms with van der Waals surface area (Å²) in [5.74, 6) is -1.46. The number of nitrogens with two attached hydrogens (primary N) is 1. The molecule has 2 aromatic carbocycles. The molecule has 0 unspecified atom stereocenters. The van der Waals surface area contributed by atoms with Crippen molar-refractivity contribution >= 4 is 24.3 Å². The van der Waals surface area contributed by atoms with E-state index < -0.39 is 61.1 Å². The van der Waals surface area contributed by atoms with Crippen LogP contribution in [0, 0.1) is 19.7 Å². The maximum absolute atomic E-state index is 14.5. The second-order valence-electron chi connectivity index (χ2n) is 8.89. The summed E-state index contributed by atoms with van der Waals surface area (Å²) < 4.78 is 66.0. The summed E-state index contributed by atoms with van der Waals surface area (Å²) in [7, 11) is 0. The molecule has 1 aromatic heterocycles. The number of halogens is 3. The molecule has 1 saturated heterocycles. The van der Waals surface area contributed by atoms with E-state index in [9.17, 15) is 28.2 Å². The standard InChI is InChI=1S/C24H25F3N3O7PS/c1-13-3-7-15(8-4-13)36-38(39,37-16-9-5-14(2)6-10-16)34-12-24(22(26)27)19(32)18(31)21(35-24)30-11-17(25)20(28)29-23(30)33/h3-11,18-19,21-22,31-32H,12H2,1-2H3,(H2,28,29,33)/t18-,19+,21-,24-/m1/s1. The van der Waals surface area contributed by atoms with E-state index in [-0.39, 0.29) is 11.5 Å². The number of aryl methyl sites for hydroxylation is 2. The highest BCUT2D eigenvalue weighted by molar-refractivity contribution is 8.07. The van der Waals surface area contributed by atoms with Gasteiger partial charge in [-0.3, -0.25) is 9.09 Å². The zero-order valence-corrected chi connectivity index (χ0v) is 22.3. The monoisotopic (exact) mass is 587 g/mol. The van der Waals surface area contributed by atoms with Crippen LogP contribution in [0.25, 0.3) is 0 Å². The molecule has 0 amide bonds. The topological polar surface area (TPSA) is 138 Å². The molecule has 15 heteroatoms. The van der Waals surface area contributed by atoms with Crippen LogP contribution in [0.3, 0.4) is 0 Å². The molecule has 0 spiro atoms. The first-order valence-corrected chi connectivity index (χ1v) is 14.0. The van der Waals surface area contributed by atoms with Crippen molar-refractivity contribution in [3.05, 3.63) is 82.2 Å². The molecule has 0 saturated carbocycles. The molecule has 1 fully saturated rings. The molecule has 1 aliphatic heterocycles. The lowest BCUT2D eigenvalue weighted by Crippen LogP contribution is -2.52. The summed E-state index contributed by atoms with van der Waals surface area (Å²) in [6.07, 6.45) is -9.33. The van der Waals surface area contributed by atoms with Gasteiger partial charge in [-0.1, -0.05) is 35.4 Å². The number of hydrogen-bond donors (Lipinski definition) is 3. The fourth-order valence-electron chi connectivity index (χ4n) is 3.74. The summed E-state index contributed by atoms with van der Waals surface area (Å²) in [5.41, 5.74) is 2.97. The molecule has 39 heavy (non-hydrogen) atoms. The zero-order valence-electron chi connectivity index (χ0n) is 20.6. The van der Waals surface area contributed by atoms with Gasteiger partial charge in [0, 0.05) is 11.8 Å². The summed E-state index contributed by atoms with van der Waals surface area (Å²) in [5, 5.41) is 21.2. The van der Waals surface area contributed by atoms with Crippen LogP contribution < -0.4 is 20.5 Å². The Morgan fingerprint density at radius 3 is 2.10 bits per heavy atom. The third kappa shape index (κ3) is 6.11. The van der Waals surface area contributed by atoms with Crippen LogP contribution in [0.5, 0.6) is 11.5 Å². The van der Waals surface area contributed by atoms with Gasteiger partial charge in [0.1, 0.15) is 23.7 Å². The maximum atomic E-state index is 14.5. The third-order valence-corrected chi connectivity index (χ3v) is 8.04. The van der Waals surface area contributed by atoms with Gasteiger partial charge in [-0.05, 0) is 38.1 Å². The first-order chi connectivity index (χ1) is 18.3. The lowest BCUT2D eigenvalue weighted by molar-refractivity contribution is -0.192. The number of hydrogen-bond acceptors (Lipinski definition) is 10. The molecule has 0 aliphatic carbocycles. The van der Waals surface area contributed by atoms with E-state index in [1.54, 1.807) is 48.5 Å². The van der Waals surface area contributed by atoms with Crippen molar-refractivity contribution in [2.75, 3.05) is 12.3 Å². The minimum absolute atomic E-state index is 0.225. The van der Waals surface area contributed by atoms with Gasteiger partial charge in [-0.2, -0.15) is 4.98 Å². The van der Waals surface area contributed by atoms with Crippen molar-refractivity contribution in [1.29, 1.82) is 0 Å². The normalized spacial score (nSPS) is 23.2. The molecule has 10 nitrogen and oxygen atoms in total. The van der Waals surface area contributed by atoms with Crippen molar-refractivity contribution in [2.24, 2.45) is 0 Å². The molecule has 4 N–H and O–H groups in total. The van der Waals surface area contributed by atoms with E-state index in [1.165, 1.54) is 0 Å². The SMILES string of the molecule is Cc1ccc(OP(=S)(OC[C@@]2(C(F)F)O[C@@H](n3cc(F)c(N)nc3=O)[C@H](O)[C@@H]2O)Oc2ccc(C)cc2)cc1. The number of alkyl halides is 2. The van der Waals surface area contributed by atoms with E-state index >= 15 is 0 Å². The molecule has 4 atom stereocenters. The molecular formula is C24H25F3N3O7PS. The quantitative estimate of drug-likeness (QED) is 0.320. The predicted octanol–water partition coefficient (Wildman–Crippen LogP) is 3.24. The fraction of sp³-hybridized carbons (Fsp3) is 0.333. The average molecular weight is 588 g/mol. The highest BCUT2D eigenvalue weighted by Crippen LogP contribution is 2.52. The van der Waals surface area contributed by atoms with E-state index in [0.717, 1.165) is 11.1 Å². The predicted molar refractivity (Wildman–Crippen MR) is 138 cm³/mol. The van der Waals surface area contributed by atoms with Crippen LogP contribution in [0.2, 0.25) is 0 Å². The minimum Gasteiger partial charge on any atom is -0.416 e. The van der Waals surface area contributed by atoms with Crippen molar-refractivity contribution in [3.8, 4) is 11.5 Å². The van der Waals surface area contributed by atoms with Gasteiger partial charge in [0.15, 0.2) is 23.5 Å². The van der Waals surface area contributed by atoms with Gasteiger partial charge in [-0.25, -0.2) is 18.0 Å². The molecule has 3 aromatic rings. The Balaban J connectivity index is 1.65. The minimum atomic E-state index is -3.92. The lowest BCUT2D eigenvalue weighted by Gasteiger charge is -2.33. The molecule has 4 rings (SSSR count). The Morgan fingerprint density at radius 2 is 1.62 bits per heavy atom. The number of rotatable bonds is 9. The number of anilines is 1. The van der Waals surface area contributed by atoms with E-state index in [2.05, 4.69) is 4.98 Å². The number of aliphatic hydroxyl groups excluding tert-OH is 2. The number of ether oxygens (including phenoxy) is 1. The van der Waals surface area contributed by atoms with Crippen LogP contribution in [0.1, 0.15) is 17.4 Å². The Bertz CT molecular complexity index is 1380. The second kappa shape index (κ2) is 11.2. The van der Waals surface area contributed by atoms with Crippen molar-refractivity contribution in [1.82, 2.24) is 9.55 Å². The van der Waals surface area contributed by atoms with Crippen LogP contribution in [-0.2, 0) is 21.1 Å². The largest absolute Gasteiger partial charge is 0.435 e. The van der Waals surface area contributed by atoms with Gasteiger partial charge in [-0.15, -0.1) is 0 Å². The fourth-order valence-corrected chi connectivity index (χ4v) is 5.68. The lowest BCUT2D eigenvalue weighted by atomic mass is 9.96.